The zero-order valence-electron chi connectivity index (χ0n) is 12.4. The average Bonchev–Trinajstić information content (AvgIpc) is 2.49. The van der Waals surface area contributed by atoms with Gasteiger partial charge in [0.15, 0.2) is 0 Å². The van der Waals surface area contributed by atoms with Crippen molar-refractivity contribution in [3.8, 4) is 0 Å². The lowest BCUT2D eigenvalue weighted by atomic mass is 10.1. The summed E-state index contributed by atoms with van der Waals surface area (Å²) in [4.78, 5) is 14.5. The number of likely N-dealkylation sites (tertiary alicyclic amines) is 1. The van der Waals surface area contributed by atoms with Gasteiger partial charge in [0, 0.05) is 19.3 Å². The topological polar surface area (TPSA) is 67.6 Å². The monoisotopic (exact) mass is 311 g/mol. The summed E-state index contributed by atoms with van der Waals surface area (Å²) in [5, 5.41) is 3.31. The Bertz CT molecular complexity index is 510. The van der Waals surface area contributed by atoms with Crippen LogP contribution in [0.5, 0.6) is 0 Å². The van der Waals surface area contributed by atoms with E-state index >= 15 is 0 Å². The van der Waals surface area contributed by atoms with Crippen LogP contribution in [0.2, 0.25) is 5.02 Å². The molecule has 0 aromatic heterocycles. The van der Waals surface area contributed by atoms with E-state index in [9.17, 15) is 4.79 Å². The summed E-state index contributed by atoms with van der Waals surface area (Å²) in [5.41, 5.74) is 6.81. The zero-order chi connectivity index (χ0) is 15.4. The Morgan fingerprint density at radius 3 is 3.00 bits per heavy atom. The minimum atomic E-state index is -0.225. The molecule has 2 atom stereocenters. The van der Waals surface area contributed by atoms with Gasteiger partial charge in [-0.2, -0.15) is 0 Å². The predicted octanol–water partition coefficient (Wildman–Crippen LogP) is 2.36. The third-order valence-corrected chi connectivity index (χ3v) is 4.23. The predicted molar refractivity (Wildman–Crippen MR) is 85.6 cm³/mol. The lowest BCUT2D eigenvalue weighted by Crippen LogP contribution is -2.48. The van der Waals surface area contributed by atoms with Gasteiger partial charge >= 0.3 is 0 Å². The molecule has 1 fully saturated rings. The Morgan fingerprint density at radius 1 is 1.57 bits per heavy atom. The highest BCUT2D eigenvalue weighted by Crippen LogP contribution is 2.24. The van der Waals surface area contributed by atoms with Crippen LogP contribution in [0.15, 0.2) is 18.2 Å². The number of hydrogen-bond acceptors (Lipinski definition) is 4. The molecule has 1 amide bonds. The smallest absolute Gasteiger partial charge is 0.241 e. The molecule has 1 heterocycles. The lowest BCUT2D eigenvalue weighted by molar-refractivity contribution is -0.122. The zero-order valence-corrected chi connectivity index (χ0v) is 13.2. The minimum absolute atomic E-state index is 0.0709. The van der Waals surface area contributed by atoms with Gasteiger partial charge in [-0.1, -0.05) is 11.6 Å². The largest absolute Gasteiger partial charge is 0.399 e. The van der Waals surface area contributed by atoms with Crippen molar-refractivity contribution in [1.82, 2.24) is 4.90 Å². The maximum absolute atomic E-state index is 12.4. The molecule has 2 rings (SSSR count). The molecule has 1 aliphatic heterocycles. The summed E-state index contributed by atoms with van der Waals surface area (Å²) in [7, 11) is 1.72. The number of nitrogen functional groups attached to an aromatic ring is 1. The number of nitrogens with two attached hydrogens (primary N) is 1. The fraction of sp³-hybridized carbons (Fsp3) is 0.533. The molecule has 2 unspecified atom stereocenters. The fourth-order valence-corrected chi connectivity index (χ4v) is 2.78. The summed E-state index contributed by atoms with van der Waals surface area (Å²) in [5.74, 6) is -0.0709. The maximum atomic E-state index is 12.4. The first kappa shape index (κ1) is 16.1. The number of carbonyl (C=O) groups excluding carboxylic acids is 1. The van der Waals surface area contributed by atoms with E-state index in [2.05, 4.69) is 10.2 Å². The molecule has 21 heavy (non-hydrogen) atoms. The number of piperidine rings is 1. The highest BCUT2D eigenvalue weighted by molar-refractivity contribution is 6.34. The number of benzene rings is 1. The molecule has 6 heteroatoms. The summed E-state index contributed by atoms with van der Waals surface area (Å²) in [6, 6.07) is 4.84. The maximum Gasteiger partial charge on any atom is 0.241 e. The molecule has 1 aromatic rings. The molecule has 1 aromatic carbocycles. The van der Waals surface area contributed by atoms with Crippen molar-refractivity contribution in [1.29, 1.82) is 0 Å². The number of rotatable bonds is 4. The van der Waals surface area contributed by atoms with Crippen LogP contribution < -0.4 is 11.1 Å². The van der Waals surface area contributed by atoms with Crippen molar-refractivity contribution < 1.29 is 9.53 Å². The van der Waals surface area contributed by atoms with Gasteiger partial charge in [0.25, 0.3) is 0 Å². The van der Waals surface area contributed by atoms with E-state index in [0.717, 1.165) is 25.9 Å². The Labute approximate surface area is 130 Å². The molecule has 116 valence electrons. The Balaban J connectivity index is 1.99. The Hall–Kier alpha value is -1.30. The number of anilines is 2. The van der Waals surface area contributed by atoms with Crippen molar-refractivity contribution in [3.63, 3.8) is 0 Å². The van der Waals surface area contributed by atoms with Crippen molar-refractivity contribution in [2.24, 2.45) is 0 Å². The second kappa shape index (κ2) is 7.11. The molecule has 3 N–H and O–H groups in total. The molecular formula is C15H22ClN3O2. The third-order valence-electron chi connectivity index (χ3n) is 3.92. The number of nitrogens with one attached hydrogen (secondary N) is 1. The first-order valence-corrected chi connectivity index (χ1v) is 7.51. The van der Waals surface area contributed by atoms with Crippen LogP contribution in [0.3, 0.4) is 0 Å². The van der Waals surface area contributed by atoms with Gasteiger partial charge in [-0.25, -0.2) is 0 Å². The van der Waals surface area contributed by atoms with Crippen LogP contribution >= 0.6 is 11.6 Å². The fourth-order valence-electron chi connectivity index (χ4n) is 2.55. The summed E-state index contributed by atoms with van der Waals surface area (Å²) in [6.07, 6.45) is 2.29. The molecule has 0 bridgehead atoms. The van der Waals surface area contributed by atoms with E-state index in [-0.39, 0.29) is 18.1 Å². The van der Waals surface area contributed by atoms with Crippen molar-refractivity contribution in [2.75, 3.05) is 31.2 Å². The van der Waals surface area contributed by atoms with Gasteiger partial charge in [-0.3, -0.25) is 9.69 Å². The second-order valence-corrected chi connectivity index (χ2v) is 5.81. The average molecular weight is 312 g/mol. The number of halogens is 1. The molecule has 0 aliphatic carbocycles. The van der Waals surface area contributed by atoms with Crippen molar-refractivity contribution >= 4 is 28.9 Å². The molecule has 5 nitrogen and oxygen atoms in total. The molecule has 0 spiro atoms. The van der Waals surface area contributed by atoms with E-state index in [1.165, 1.54) is 0 Å². The van der Waals surface area contributed by atoms with Gasteiger partial charge < -0.3 is 15.8 Å². The first-order chi connectivity index (χ1) is 10.0. The highest BCUT2D eigenvalue weighted by atomic mass is 35.5. The highest BCUT2D eigenvalue weighted by Gasteiger charge is 2.27. The SMILES string of the molecule is COC1CCCN(C(C)C(=O)Nc2ccc(N)cc2Cl)C1. The van der Waals surface area contributed by atoms with Gasteiger partial charge in [0.1, 0.15) is 0 Å². The molecule has 1 saturated heterocycles. The normalized spacial score (nSPS) is 21.0. The molecule has 1 aliphatic rings. The van der Waals surface area contributed by atoms with Gasteiger partial charge in [0.2, 0.25) is 5.91 Å². The van der Waals surface area contributed by atoms with E-state index in [1.807, 2.05) is 6.92 Å². The van der Waals surface area contributed by atoms with Crippen LogP contribution in [0.1, 0.15) is 19.8 Å². The summed E-state index contributed by atoms with van der Waals surface area (Å²) < 4.78 is 5.39. The van der Waals surface area contributed by atoms with Gasteiger partial charge in [-0.15, -0.1) is 0 Å². The molecule has 0 radical (unpaired) electrons. The van der Waals surface area contributed by atoms with Crippen molar-refractivity contribution in [2.45, 2.75) is 31.9 Å². The minimum Gasteiger partial charge on any atom is -0.399 e. The molecule has 0 saturated carbocycles. The lowest BCUT2D eigenvalue weighted by Gasteiger charge is -2.35. The number of hydrogen-bond donors (Lipinski definition) is 2. The van der Waals surface area contributed by atoms with Crippen LogP contribution in [0.4, 0.5) is 11.4 Å². The standard InChI is InChI=1S/C15H22ClN3O2/c1-10(19-7-3-4-12(9-19)21-2)15(20)18-14-6-5-11(17)8-13(14)16/h5-6,8,10,12H,3-4,7,9,17H2,1-2H3,(H,18,20). The second-order valence-electron chi connectivity index (χ2n) is 5.40. The third kappa shape index (κ3) is 4.09. The van der Waals surface area contributed by atoms with Gasteiger partial charge in [0.05, 0.1) is 22.9 Å². The summed E-state index contributed by atoms with van der Waals surface area (Å²) in [6.45, 7) is 3.59. The van der Waals surface area contributed by atoms with Crippen LogP contribution in [-0.4, -0.2) is 43.2 Å². The number of carbonyl (C=O) groups is 1. The van der Waals surface area contributed by atoms with E-state index < -0.39 is 0 Å². The van der Waals surface area contributed by atoms with E-state index in [1.54, 1.807) is 25.3 Å². The molecular weight excluding hydrogens is 290 g/mol. The number of methoxy groups -OCH3 is 1. The van der Waals surface area contributed by atoms with Crippen LogP contribution in [-0.2, 0) is 9.53 Å². The van der Waals surface area contributed by atoms with E-state index in [0.29, 0.717) is 16.4 Å². The first-order valence-electron chi connectivity index (χ1n) is 7.14. The van der Waals surface area contributed by atoms with Gasteiger partial charge in [-0.05, 0) is 44.5 Å². The number of nitrogens with zero attached hydrogens (tertiary/aromatic N) is 1. The van der Waals surface area contributed by atoms with Crippen LogP contribution in [0.25, 0.3) is 0 Å². The van der Waals surface area contributed by atoms with Crippen LogP contribution in [0, 0.1) is 0 Å². The number of ether oxygens (including phenoxy) is 1. The Morgan fingerprint density at radius 2 is 2.33 bits per heavy atom. The van der Waals surface area contributed by atoms with E-state index in [4.69, 9.17) is 22.1 Å². The Kier molecular flexibility index (Phi) is 5.45. The quantitative estimate of drug-likeness (QED) is 0.838. The summed E-state index contributed by atoms with van der Waals surface area (Å²) >= 11 is 6.08. The van der Waals surface area contributed by atoms with Crippen molar-refractivity contribution in [3.05, 3.63) is 23.2 Å². The number of amides is 1.